The minimum atomic E-state index is -0.0601. The Kier molecular flexibility index (Phi) is 5.49. The van der Waals surface area contributed by atoms with Crippen LogP contribution in [0.3, 0.4) is 0 Å². The maximum absolute atomic E-state index is 12.1. The molecule has 0 saturated carbocycles. The molecule has 1 aromatic heterocycles. The molecule has 2 aromatic carbocycles. The first-order valence-corrected chi connectivity index (χ1v) is 8.20. The lowest BCUT2D eigenvalue weighted by molar-refractivity contribution is -0.684. The van der Waals surface area contributed by atoms with Crippen LogP contribution in [0.15, 0.2) is 77.4 Å². The number of rotatable bonds is 7. The Morgan fingerprint density at radius 2 is 1.76 bits per heavy atom. The van der Waals surface area contributed by atoms with E-state index in [0.29, 0.717) is 6.54 Å². The van der Waals surface area contributed by atoms with Gasteiger partial charge in [-0.15, -0.1) is 0 Å². The molecule has 5 nitrogen and oxygen atoms in total. The van der Waals surface area contributed by atoms with Crippen molar-refractivity contribution in [2.45, 2.75) is 13.0 Å². The van der Waals surface area contributed by atoms with Gasteiger partial charge in [0.2, 0.25) is 0 Å². The summed E-state index contributed by atoms with van der Waals surface area (Å²) in [6, 6.07) is 20.7. The number of nitrogens with two attached hydrogens (primary N) is 1. The van der Waals surface area contributed by atoms with Crippen LogP contribution in [0.25, 0.3) is 0 Å². The van der Waals surface area contributed by atoms with E-state index in [1.54, 1.807) is 6.26 Å². The van der Waals surface area contributed by atoms with Crippen molar-refractivity contribution in [1.82, 2.24) is 0 Å². The second-order valence-corrected chi connectivity index (χ2v) is 5.73. The van der Waals surface area contributed by atoms with Gasteiger partial charge in [-0.3, -0.25) is 4.79 Å². The molecule has 0 fully saturated rings. The number of hydrogen-bond acceptors (Lipinski definition) is 3. The van der Waals surface area contributed by atoms with Gasteiger partial charge in [-0.05, 0) is 55.5 Å². The van der Waals surface area contributed by atoms with Crippen LogP contribution in [0, 0.1) is 0 Å². The minimum Gasteiger partial charge on any atom is -0.463 e. The van der Waals surface area contributed by atoms with Gasteiger partial charge >= 0.3 is 0 Å². The predicted octanol–water partition coefficient (Wildman–Crippen LogP) is 3.34. The number of benzene rings is 2. The van der Waals surface area contributed by atoms with E-state index < -0.39 is 0 Å². The Bertz CT molecular complexity index is 784. The highest BCUT2D eigenvalue weighted by molar-refractivity contribution is 5.91. The smallest absolute Gasteiger partial charge is 0.279 e. The topological polar surface area (TPSA) is 68.1 Å². The van der Waals surface area contributed by atoms with Crippen molar-refractivity contribution in [1.29, 1.82) is 0 Å². The fourth-order valence-corrected chi connectivity index (χ4v) is 2.39. The molecule has 3 N–H and O–H groups in total. The second kappa shape index (κ2) is 8.17. The molecule has 128 valence electrons. The standard InChI is InChI=1S/C20H20N2O3/c1-15(19-8-5-13-24-19)21-14-20(23)22-16-9-11-18(12-10-16)25-17-6-3-2-4-7-17/h2-13,15,21H,14H2,1H3,(H,22,23)/p+1/t15-/m1/s1. The molecular weight excluding hydrogens is 316 g/mol. The van der Waals surface area contributed by atoms with Gasteiger partial charge in [0.15, 0.2) is 12.3 Å². The first-order valence-electron chi connectivity index (χ1n) is 8.20. The van der Waals surface area contributed by atoms with Crippen LogP contribution < -0.4 is 15.4 Å². The van der Waals surface area contributed by atoms with Crippen LogP contribution >= 0.6 is 0 Å². The second-order valence-electron chi connectivity index (χ2n) is 5.73. The summed E-state index contributed by atoms with van der Waals surface area (Å²) in [4.78, 5) is 12.1. The van der Waals surface area contributed by atoms with Gasteiger partial charge < -0.3 is 19.8 Å². The van der Waals surface area contributed by atoms with Gasteiger partial charge in [0.25, 0.3) is 5.91 Å². The number of anilines is 1. The van der Waals surface area contributed by atoms with Crippen LogP contribution in [0.5, 0.6) is 11.5 Å². The zero-order chi connectivity index (χ0) is 17.5. The zero-order valence-corrected chi connectivity index (χ0v) is 14.0. The molecule has 0 bridgehead atoms. The van der Waals surface area contributed by atoms with Gasteiger partial charge in [-0.1, -0.05) is 18.2 Å². The largest absolute Gasteiger partial charge is 0.463 e. The average molecular weight is 337 g/mol. The maximum Gasteiger partial charge on any atom is 0.279 e. The molecular formula is C20H21N2O3+. The average Bonchev–Trinajstić information content (AvgIpc) is 3.17. The van der Waals surface area contributed by atoms with Crippen molar-refractivity contribution < 1.29 is 19.3 Å². The van der Waals surface area contributed by atoms with E-state index in [0.717, 1.165) is 22.9 Å². The van der Waals surface area contributed by atoms with E-state index in [9.17, 15) is 4.79 Å². The van der Waals surface area contributed by atoms with Crippen molar-refractivity contribution in [3.63, 3.8) is 0 Å². The highest BCUT2D eigenvalue weighted by Crippen LogP contribution is 2.22. The normalized spacial score (nSPS) is 11.7. The van der Waals surface area contributed by atoms with E-state index in [4.69, 9.17) is 9.15 Å². The molecule has 5 heteroatoms. The molecule has 0 radical (unpaired) electrons. The quantitative estimate of drug-likeness (QED) is 0.695. The van der Waals surface area contributed by atoms with Crippen molar-refractivity contribution in [2.24, 2.45) is 0 Å². The first-order chi connectivity index (χ1) is 12.2. The predicted molar refractivity (Wildman–Crippen MR) is 95.5 cm³/mol. The van der Waals surface area contributed by atoms with E-state index in [-0.39, 0.29) is 11.9 Å². The number of para-hydroxylation sites is 1. The van der Waals surface area contributed by atoms with Crippen molar-refractivity contribution >= 4 is 11.6 Å². The summed E-state index contributed by atoms with van der Waals surface area (Å²) in [7, 11) is 0. The van der Waals surface area contributed by atoms with E-state index >= 15 is 0 Å². The zero-order valence-electron chi connectivity index (χ0n) is 14.0. The van der Waals surface area contributed by atoms with Crippen LogP contribution in [-0.4, -0.2) is 12.5 Å². The first kappa shape index (κ1) is 16.8. The monoisotopic (exact) mass is 337 g/mol. The minimum absolute atomic E-state index is 0.0601. The number of quaternary nitrogens is 1. The number of nitrogens with one attached hydrogen (secondary N) is 1. The molecule has 25 heavy (non-hydrogen) atoms. The van der Waals surface area contributed by atoms with Crippen molar-refractivity contribution in [3.05, 3.63) is 78.8 Å². The Labute approximate surface area is 146 Å². The van der Waals surface area contributed by atoms with E-state index in [1.807, 2.05) is 79.0 Å². The summed E-state index contributed by atoms with van der Waals surface area (Å²) in [6.07, 6.45) is 1.64. The van der Waals surface area contributed by atoms with Crippen LogP contribution in [0.1, 0.15) is 18.7 Å². The Morgan fingerprint density at radius 1 is 1.04 bits per heavy atom. The molecule has 0 saturated heterocycles. The van der Waals surface area contributed by atoms with Crippen molar-refractivity contribution in [3.8, 4) is 11.5 Å². The Morgan fingerprint density at radius 3 is 2.44 bits per heavy atom. The molecule has 0 aliphatic heterocycles. The number of furan rings is 1. The maximum atomic E-state index is 12.1. The third-order valence-electron chi connectivity index (χ3n) is 3.77. The van der Waals surface area contributed by atoms with Crippen LogP contribution in [-0.2, 0) is 4.79 Å². The SMILES string of the molecule is C[C@@H]([NH2+]CC(=O)Nc1ccc(Oc2ccccc2)cc1)c1ccco1. The van der Waals surface area contributed by atoms with Crippen LogP contribution in [0.2, 0.25) is 0 Å². The molecule has 0 unspecified atom stereocenters. The molecule has 3 aromatic rings. The van der Waals surface area contributed by atoms with Gasteiger partial charge in [-0.2, -0.15) is 0 Å². The molecule has 1 atom stereocenters. The summed E-state index contributed by atoms with van der Waals surface area (Å²) < 4.78 is 11.1. The number of carbonyl (C=O) groups excluding carboxylic acids is 1. The van der Waals surface area contributed by atoms with Gasteiger partial charge in [-0.25, -0.2) is 0 Å². The van der Waals surface area contributed by atoms with E-state index in [1.165, 1.54) is 0 Å². The number of carbonyl (C=O) groups is 1. The van der Waals surface area contributed by atoms with Gasteiger partial charge in [0.1, 0.15) is 17.5 Å². The number of hydrogen-bond donors (Lipinski definition) is 2. The fourth-order valence-electron chi connectivity index (χ4n) is 2.39. The fraction of sp³-hybridized carbons (Fsp3) is 0.150. The van der Waals surface area contributed by atoms with Gasteiger partial charge in [0.05, 0.1) is 6.26 Å². The third kappa shape index (κ3) is 4.96. The summed E-state index contributed by atoms with van der Waals surface area (Å²) in [6.45, 7) is 2.33. The molecule has 0 spiro atoms. The van der Waals surface area contributed by atoms with Crippen molar-refractivity contribution in [2.75, 3.05) is 11.9 Å². The lowest BCUT2D eigenvalue weighted by atomic mass is 10.2. The van der Waals surface area contributed by atoms with E-state index in [2.05, 4.69) is 5.32 Å². The molecule has 0 aliphatic carbocycles. The summed E-state index contributed by atoms with van der Waals surface area (Å²) in [5.74, 6) is 2.30. The lowest BCUT2D eigenvalue weighted by Crippen LogP contribution is -2.86. The molecule has 3 rings (SSSR count). The Hall–Kier alpha value is -3.05. The summed E-state index contributed by atoms with van der Waals surface area (Å²) in [5.41, 5.74) is 0.740. The lowest BCUT2D eigenvalue weighted by Gasteiger charge is -2.09. The summed E-state index contributed by atoms with van der Waals surface area (Å²) in [5, 5.41) is 4.81. The molecule has 0 aliphatic rings. The Balaban J connectivity index is 1.48. The molecule has 1 amide bonds. The highest BCUT2D eigenvalue weighted by Gasteiger charge is 2.13. The highest BCUT2D eigenvalue weighted by atomic mass is 16.5. The number of amides is 1. The third-order valence-corrected chi connectivity index (χ3v) is 3.77. The van der Waals surface area contributed by atoms with Gasteiger partial charge in [0, 0.05) is 5.69 Å². The number of ether oxygens (including phenoxy) is 1. The molecule has 1 heterocycles. The van der Waals surface area contributed by atoms with Crippen LogP contribution in [0.4, 0.5) is 5.69 Å². The summed E-state index contributed by atoms with van der Waals surface area (Å²) >= 11 is 0.